The second-order valence-electron chi connectivity index (χ2n) is 4.08. The molecule has 0 heterocycles. The van der Waals surface area contributed by atoms with Gasteiger partial charge in [0.1, 0.15) is 0 Å². The molecular formula is C10H22KNO7S. The molecule has 2 atom stereocenters. The summed E-state index contributed by atoms with van der Waals surface area (Å²) in [5.41, 5.74) is 0. The van der Waals surface area contributed by atoms with Gasteiger partial charge in [-0.15, -0.1) is 0 Å². The van der Waals surface area contributed by atoms with Crippen molar-refractivity contribution in [3.05, 3.63) is 0 Å². The summed E-state index contributed by atoms with van der Waals surface area (Å²) in [5.74, 6) is -0.604. The molecule has 0 aliphatic rings. The molecule has 0 radical (unpaired) electrons. The van der Waals surface area contributed by atoms with Gasteiger partial charge in [0.2, 0.25) is 0 Å². The Hall–Kier alpha value is 1.35. The second-order valence-corrected chi connectivity index (χ2v) is 5.61. The molecule has 0 saturated heterocycles. The third-order valence-corrected chi connectivity index (χ3v) is 3.36. The fourth-order valence-electron chi connectivity index (χ4n) is 1.77. The fraction of sp³-hybridized carbons (Fsp3) is 1.00. The van der Waals surface area contributed by atoms with Gasteiger partial charge in [0.25, 0.3) is 0 Å². The molecule has 20 heavy (non-hydrogen) atoms. The van der Waals surface area contributed by atoms with E-state index in [1.807, 2.05) is 0 Å². The Kier molecular flexibility index (Phi) is 15.2. The van der Waals surface area contributed by atoms with E-state index in [9.17, 15) is 23.2 Å². The summed E-state index contributed by atoms with van der Waals surface area (Å²) in [6.07, 6.45) is 0. The Labute approximate surface area is 162 Å². The van der Waals surface area contributed by atoms with Crippen LogP contribution in [0.3, 0.4) is 0 Å². The Morgan fingerprint density at radius 2 is 1.50 bits per heavy atom. The largest absolute Gasteiger partial charge is 1.00 e. The molecule has 0 saturated carbocycles. The molecule has 116 valence electrons. The van der Waals surface area contributed by atoms with Gasteiger partial charge < -0.3 is 24.2 Å². The van der Waals surface area contributed by atoms with Gasteiger partial charge in [0, 0.05) is 20.8 Å². The van der Waals surface area contributed by atoms with E-state index in [0.29, 0.717) is 0 Å². The summed E-state index contributed by atoms with van der Waals surface area (Å²) in [5, 5.41) is 18.6. The molecule has 2 N–H and O–H groups in total. The molecule has 10 heteroatoms. The first-order valence-electron chi connectivity index (χ1n) is 5.78. The number of methoxy groups -OCH3 is 2. The van der Waals surface area contributed by atoms with Gasteiger partial charge in [-0.1, -0.05) is 0 Å². The summed E-state index contributed by atoms with van der Waals surface area (Å²) < 4.78 is 42.0. The zero-order chi connectivity index (χ0) is 14.9. The molecule has 0 aliphatic heterocycles. The van der Waals surface area contributed by atoms with Crippen LogP contribution in [0, 0.1) is 0 Å². The number of aliphatic hydroxyl groups excluding tert-OH is 2. The van der Waals surface area contributed by atoms with Crippen molar-refractivity contribution in [1.82, 2.24) is 4.90 Å². The molecule has 0 spiro atoms. The van der Waals surface area contributed by atoms with Crippen molar-refractivity contribution in [3.8, 4) is 0 Å². The maximum absolute atomic E-state index is 10.7. The van der Waals surface area contributed by atoms with E-state index in [2.05, 4.69) is 0 Å². The minimum absolute atomic E-state index is 0. The van der Waals surface area contributed by atoms with Crippen LogP contribution in [0.2, 0.25) is 0 Å². The van der Waals surface area contributed by atoms with Crippen molar-refractivity contribution >= 4 is 10.1 Å². The predicted octanol–water partition coefficient (Wildman–Crippen LogP) is -5.15. The van der Waals surface area contributed by atoms with E-state index in [4.69, 9.17) is 9.47 Å². The third kappa shape index (κ3) is 10.1. The van der Waals surface area contributed by atoms with E-state index >= 15 is 0 Å². The zero-order valence-electron chi connectivity index (χ0n) is 12.2. The van der Waals surface area contributed by atoms with Crippen molar-refractivity contribution < 1.29 is 84.0 Å². The van der Waals surface area contributed by atoms with Crippen molar-refractivity contribution in [2.24, 2.45) is 0 Å². The number of ether oxygens (including phenoxy) is 2. The van der Waals surface area contributed by atoms with Gasteiger partial charge in [-0.25, -0.2) is 8.42 Å². The zero-order valence-corrected chi connectivity index (χ0v) is 16.1. The van der Waals surface area contributed by atoms with Gasteiger partial charge in [0.15, 0.2) is 0 Å². The van der Waals surface area contributed by atoms with E-state index in [0.717, 1.165) is 0 Å². The maximum atomic E-state index is 10.7. The van der Waals surface area contributed by atoms with Crippen molar-refractivity contribution in [2.45, 2.75) is 12.1 Å². The molecular weight excluding hydrogens is 317 g/mol. The van der Waals surface area contributed by atoms with Gasteiger partial charge in [0.05, 0.1) is 54.4 Å². The predicted molar refractivity (Wildman–Crippen MR) is 66.8 cm³/mol. The molecule has 0 amide bonds. The van der Waals surface area contributed by atoms with Crippen LogP contribution in [-0.4, -0.2) is 93.1 Å². The minimum atomic E-state index is -4.37. The number of hydrogen-bond donors (Lipinski definition) is 2. The summed E-state index contributed by atoms with van der Waals surface area (Å²) >= 11 is 0. The summed E-state index contributed by atoms with van der Waals surface area (Å²) in [6.45, 7) is -0.375. The van der Waals surface area contributed by atoms with Crippen LogP contribution in [0.4, 0.5) is 0 Å². The summed E-state index contributed by atoms with van der Waals surface area (Å²) in [6, 6.07) is -1.03. The first-order chi connectivity index (χ1) is 8.89. The molecule has 8 nitrogen and oxygen atoms in total. The van der Waals surface area contributed by atoms with Crippen molar-refractivity contribution in [1.29, 1.82) is 0 Å². The molecule has 0 aromatic heterocycles. The molecule has 0 aromatic carbocycles. The van der Waals surface area contributed by atoms with Gasteiger partial charge in [-0.3, -0.25) is 4.90 Å². The van der Waals surface area contributed by atoms with Gasteiger partial charge in [-0.2, -0.15) is 0 Å². The first-order valence-corrected chi connectivity index (χ1v) is 7.36. The normalized spacial score (nSPS) is 14.9. The van der Waals surface area contributed by atoms with E-state index in [1.165, 1.54) is 19.1 Å². The number of rotatable bonds is 11. The van der Waals surface area contributed by atoms with E-state index in [1.54, 1.807) is 0 Å². The van der Waals surface area contributed by atoms with E-state index < -0.39 is 28.0 Å². The third-order valence-electron chi connectivity index (χ3n) is 2.68. The molecule has 0 bridgehead atoms. The van der Waals surface area contributed by atoms with Crippen LogP contribution in [0.5, 0.6) is 0 Å². The SMILES string of the molecule is COCC(CO)N(CCS(=O)(=O)[O-])C(CO)COC.[K+]. The van der Waals surface area contributed by atoms with Crippen LogP contribution >= 0.6 is 0 Å². The molecule has 0 aliphatic carbocycles. The quantitative estimate of drug-likeness (QED) is 0.283. The van der Waals surface area contributed by atoms with Crippen LogP contribution in [0.15, 0.2) is 0 Å². The Balaban J connectivity index is 0. The van der Waals surface area contributed by atoms with Crippen LogP contribution in [-0.2, 0) is 19.6 Å². The minimum Gasteiger partial charge on any atom is -0.748 e. The van der Waals surface area contributed by atoms with Crippen molar-refractivity contribution in [2.75, 3.05) is 52.9 Å². The number of aliphatic hydroxyl groups is 2. The molecule has 0 fully saturated rings. The monoisotopic (exact) mass is 339 g/mol. The standard InChI is InChI=1S/C10H23NO7S.K/c1-17-7-9(5-12)11(3-4-19(14,15)16)10(6-13)8-18-2;/h9-10,12-13H,3-8H2,1-2H3,(H,14,15,16);/q;+1/p-1. The van der Waals surface area contributed by atoms with Crippen LogP contribution < -0.4 is 51.4 Å². The average molecular weight is 339 g/mol. The average Bonchev–Trinajstić information content (AvgIpc) is 2.34. The Morgan fingerprint density at radius 3 is 1.75 bits per heavy atom. The fourth-order valence-corrected chi connectivity index (χ4v) is 2.21. The smallest absolute Gasteiger partial charge is 0.748 e. The topological polar surface area (TPSA) is 119 Å². The first kappa shape index (κ1) is 23.6. The van der Waals surface area contributed by atoms with E-state index in [-0.39, 0.29) is 84.4 Å². The molecule has 2 unspecified atom stereocenters. The summed E-state index contributed by atoms with van der Waals surface area (Å²) in [4.78, 5) is 1.52. The molecule has 0 aromatic rings. The second kappa shape index (κ2) is 12.8. The van der Waals surface area contributed by atoms with Crippen molar-refractivity contribution in [3.63, 3.8) is 0 Å². The van der Waals surface area contributed by atoms with Gasteiger partial charge in [-0.05, 0) is 0 Å². The Bertz CT molecular complexity index is 314. The summed E-state index contributed by atoms with van der Waals surface area (Å²) in [7, 11) is -1.49. The Morgan fingerprint density at radius 1 is 1.10 bits per heavy atom. The number of nitrogens with zero attached hydrogens (tertiary/aromatic N) is 1. The maximum Gasteiger partial charge on any atom is 1.00 e. The number of hydrogen-bond acceptors (Lipinski definition) is 8. The van der Waals surface area contributed by atoms with Gasteiger partial charge >= 0.3 is 51.4 Å². The van der Waals surface area contributed by atoms with Crippen LogP contribution in [0.1, 0.15) is 0 Å². The van der Waals surface area contributed by atoms with Crippen LogP contribution in [0.25, 0.3) is 0 Å². The molecule has 0 rings (SSSR count).